The van der Waals surface area contributed by atoms with E-state index in [2.05, 4.69) is 0 Å². The second kappa shape index (κ2) is 4.86. The Balaban J connectivity index is 1.80. The SMILES string of the molecule is O=C1OC(=O)c2ccc(N3C(=O)c4ccccc4C3=O)c3cccc1c23. The molecule has 0 aromatic heterocycles. The molecular formula is C20H9NO5. The number of fused-ring (bicyclic) bond motifs is 1. The lowest BCUT2D eigenvalue weighted by Crippen LogP contribution is -2.30. The average Bonchev–Trinajstić information content (AvgIpc) is 2.90. The Hall–Kier alpha value is -3.80. The molecule has 3 aromatic carbocycles. The number of hydrogen-bond acceptors (Lipinski definition) is 5. The molecular weight excluding hydrogens is 334 g/mol. The molecule has 2 heterocycles. The molecule has 0 atom stereocenters. The van der Waals surface area contributed by atoms with Crippen LogP contribution in [0.5, 0.6) is 0 Å². The minimum atomic E-state index is -0.743. The zero-order valence-electron chi connectivity index (χ0n) is 13.2. The lowest BCUT2D eigenvalue weighted by molar-refractivity contribution is 0.0391. The molecule has 6 nitrogen and oxygen atoms in total. The first-order chi connectivity index (χ1) is 12.6. The van der Waals surface area contributed by atoms with E-state index in [0.717, 1.165) is 4.90 Å². The van der Waals surface area contributed by atoms with Gasteiger partial charge in [0.15, 0.2) is 0 Å². The van der Waals surface area contributed by atoms with Gasteiger partial charge in [0, 0.05) is 10.8 Å². The van der Waals surface area contributed by atoms with Gasteiger partial charge in [-0.15, -0.1) is 0 Å². The Morgan fingerprint density at radius 1 is 0.615 bits per heavy atom. The predicted octanol–water partition coefficient (Wildman–Crippen LogP) is 2.95. The Bertz CT molecular complexity index is 1140. The van der Waals surface area contributed by atoms with Crippen LogP contribution in [0.2, 0.25) is 0 Å². The van der Waals surface area contributed by atoms with Crippen LogP contribution >= 0.6 is 0 Å². The molecule has 2 amide bonds. The van der Waals surface area contributed by atoms with E-state index in [1.165, 1.54) is 12.1 Å². The highest BCUT2D eigenvalue weighted by molar-refractivity contribution is 6.36. The lowest BCUT2D eigenvalue weighted by Gasteiger charge is -2.21. The van der Waals surface area contributed by atoms with Crippen LogP contribution in [0, 0.1) is 0 Å². The van der Waals surface area contributed by atoms with Gasteiger partial charge in [-0.1, -0.05) is 24.3 Å². The summed E-state index contributed by atoms with van der Waals surface area (Å²) in [6.07, 6.45) is 0. The fourth-order valence-electron chi connectivity index (χ4n) is 3.53. The molecule has 6 heteroatoms. The number of carbonyl (C=O) groups excluding carboxylic acids is 4. The highest BCUT2D eigenvalue weighted by atomic mass is 16.6. The Labute approximate surface area is 146 Å². The summed E-state index contributed by atoms with van der Waals surface area (Å²) in [4.78, 5) is 50.7. The summed E-state index contributed by atoms with van der Waals surface area (Å²) in [5.41, 5.74) is 1.45. The molecule has 3 aromatic rings. The van der Waals surface area contributed by atoms with Crippen LogP contribution in [-0.2, 0) is 4.74 Å². The molecule has 5 rings (SSSR count). The second-order valence-corrected chi connectivity index (χ2v) is 6.03. The lowest BCUT2D eigenvalue weighted by atomic mass is 9.95. The van der Waals surface area contributed by atoms with Crippen LogP contribution in [0.1, 0.15) is 41.4 Å². The molecule has 0 radical (unpaired) electrons. The molecule has 0 saturated heterocycles. The molecule has 0 aliphatic carbocycles. The van der Waals surface area contributed by atoms with Crippen LogP contribution in [0.25, 0.3) is 10.8 Å². The van der Waals surface area contributed by atoms with Crippen molar-refractivity contribution in [2.75, 3.05) is 4.90 Å². The molecule has 0 spiro atoms. The maximum Gasteiger partial charge on any atom is 0.346 e. The van der Waals surface area contributed by atoms with Crippen molar-refractivity contribution < 1.29 is 23.9 Å². The van der Waals surface area contributed by atoms with Crippen molar-refractivity contribution in [2.24, 2.45) is 0 Å². The highest BCUT2D eigenvalue weighted by Crippen LogP contribution is 2.38. The van der Waals surface area contributed by atoms with Gasteiger partial charge in [-0.05, 0) is 30.3 Å². The minimum Gasteiger partial charge on any atom is -0.386 e. The van der Waals surface area contributed by atoms with Gasteiger partial charge in [0.25, 0.3) is 11.8 Å². The third-order valence-electron chi connectivity index (χ3n) is 4.68. The van der Waals surface area contributed by atoms with E-state index in [1.54, 1.807) is 42.5 Å². The Kier molecular flexibility index (Phi) is 2.72. The van der Waals surface area contributed by atoms with Crippen molar-refractivity contribution in [1.29, 1.82) is 0 Å². The molecule has 0 fully saturated rings. The van der Waals surface area contributed by atoms with Crippen molar-refractivity contribution >= 4 is 40.2 Å². The Morgan fingerprint density at radius 2 is 1.19 bits per heavy atom. The summed E-state index contributed by atoms with van der Waals surface area (Å²) >= 11 is 0. The summed E-state index contributed by atoms with van der Waals surface area (Å²) in [7, 11) is 0. The van der Waals surface area contributed by atoms with E-state index in [-0.39, 0.29) is 11.1 Å². The molecule has 0 saturated carbocycles. The molecule has 0 N–H and O–H groups in total. The van der Waals surface area contributed by atoms with E-state index in [1.807, 2.05) is 0 Å². The minimum absolute atomic E-state index is 0.232. The molecule has 2 aliphatic rings. The van der Waals surface area contributed by atoms with Gasteiger partial charge in [0.1, 0.15) is 0 Å². The number of amides is 2. The standard InChI is InChI=1S/C20H9NO5/c22-17-10-4-1-2-5-11(10)18(23)21(17)15-9-8-14-16-12(15)6-3-7-13(16)19(24)26-20(14)25/h1-9H. The number of ether oxygens (including phenoxy) is 1. The molecule has 124 valence electrons. The van der Waals surface area contributed by atoms with Crippen LogP contribution in [-0.4, -0.2) is 23.8 Å². The predicted molar refractivity (Wildman–Crippen MR) is 91.3 cm³/mol. The highest BCUT2D eigenvalue weighted by Gasteiger charge is 2.38. The summed E-state index contributed by atoms with van der Waals surface area (Å²) in [5, 5.41) is 0.863. The summed E-state index contributed by atoms with van der Waals surface area (Å²) in [6.45, 7) is 0. The number of nitrogens with zero attached hydrogens (tertiary/aromatic N) is 1. The number of carbonyl (C=O) groups is 4. The largest absolute Gasteiger partial charge is 0.386 e. The summed E-state index contributed by atoms with van der Waals surface area (Å²) in [6, 6.07) is 14.4. The zero-order valence-corrected chi connectivity index (χ0v) is 13.2. The van der Waals surface area contributed by atoms with Crippen molar-refractivity contribution in [3.05, 3.63) is 76.9 Å². The number of hydrogen-bond donors (Lipinski definition) is 0. The third-order valence-corrected chi connectivity index (χ3v) is 4.68. The first kappa shape index (κ1) is 14.5. The van der Waals surface area contributed by atoms with Gasteiger partial charge in [-0.2, -0.15) is 0 Å². The average molecular weight is 343 g/mol. The van der Waals surface area contributed by atoms with Crippen LogP contribution < -0.4 is 4.90 Å². The van der Waals surface area contributed by atoms with E-state index < -0.39 is 23.8 Å². The van der Waals surface area contributed by atoms with Gasteiger partial charge >= 0.3 is 11.9 Å². The smallest absolute Gasteiger partial charge is 0.346 e. The number of esters is 2. The first-order valence-corrected chi connectivity index (χ1v) is 7.88. The fraction of sp³-hybridized carbons (Fsp3) is 0. The topological polar surface area (TPSA) is 80.8 Å². The monoisotopic (exact) mass is 343 g/mol. The van der Waals surface area contributed by atoms with Gasteiger partial charge in [0.2, 0.25) is 0 Å². The molecule has 26 heavy (non-hydrogen) atoms. The van der Waals surface area contributed by atoms with Gasteiger partial charge in [0.05, 0.1) is 27.9 Å². The van der Waals surface area contributed by atoms with Gasteiger partial charge in [-0.3, -0.25) is 9.59 Å². The summed E-state index contributed by atoms with van der Waals surface area (Å²) < 4.78 is 4.74. The fourth-order valence-corrected chi connectivity index (χ4v) is 3.53. The quantitative estimate of drug-likeness (QED) is 0.385. The number of anilines is 1. The summed E-state index contributed by atoms with van der Waals surface area (Å²) in [5.74, 6) is -2.35. The zero-order chi connectivity index (χ0) is 18.0. The van der Waals surface area contributed by atoms with Crippen LogP contribution in [0.4, 0.5) is 5.69 Å². The number of imide groups is 1. The number of cyclic esters (lactones) is 2. The number of rotatable bonds is 1. The molecule has 2 aliphatic heterocycles. The van der Waals surface area contributed by atoms with E-state index in [4.69, 9.17) is 4.74 Å². The molecule has 0 bridgehead atoms. The van der Waals surface area contributed by atoms with Crippen LogP contribution in [0.15, 0.2) is 54.6 Å². The maximum atomic E-state index is 12.8. The van der Waals surface area contributed by atoms with Crippen molar-refractivity contribution in [3.63, 3.8) is 0 Å². The first-order valence-electron chi connectivity index (χ1n) is 7.88. The Morgan fingerprint density at radius 3 is 1.85 bits per heavy atom. The van der Waals surface area contributed by atoms with Crippen molar-refractivity contribution in [3.8, 4) is 0 Å². The molecule has 0 unspecified atom stereocenters. The van der Waals surface area contributed by atoms with E-state index in [0.29, 0.717) is 27.6 Å². The van der Waals surface area contributed by atoms with Crippen LogP contribution in [0.3, 0.4) is 0 Å². The normalized spacial score (nSPS) is 15.5. The van der Waals surface area contributed by atoms with E-state index in [9.17, 15) is 19.2 Å². The van der Waals surface area contributed by atoms with Crippen molar-refractivity contribution in [2.45, 2.75) is 0 Å². The van der Waals surface area contributed by atoms with Crippen molar-refractivity contribution in [1.82, 2.24) is 0 Å². The van der Waals surface area contributed by atoms with Gasteiger partial charge in [-0.25, -0.2) is 14.5 Å². The van der Waals surface area contributed by atoms with E-state index >= 15 is 0 Å². The third kappa shape index (κ3) is 1.70. The number of benzene rings is 3. The second-order valence-electron chi connectivity index (χ2n) is 6.03. The maximum absolute atomic E-state index is 12.8. The van der Waals surface area contributed by atoms with Gasteiger partial charge < -0.3 is 4.74 Å².